The second kappa shape index (κ2) is 7.65. The number of thiocarbonyl (C=S) groups is 1. The molecular weight excluding hydrogens is 394 g/mol. The van der Waals surface area contributed by atoms with E-state index in [9.17, 15) is 14.7 Å². The molecule has 0 saturated carbocycles. The average molecular weight is 408 g/mol. The number of aliphatic carboxylic acids is 1. The Morgan fingerprint density at radius 3 is 2.65 bits per heavy atom. The quantitative estimate of drug-likeness (QED) is 0.574. The van der Waals surface area contributed by atoms with Gasteiger partial charge in [-0.25, -0.2) is 4.79 Å². The number of thioether (sulfide) groups is 1. The third kappa shape index (κ3) is 3.70. The van der Waals surface area contributed by atoms with Gasteiger partial charge in [0, 0.05) is 16.7 Å². The van der Waals surface area contributed by atoms with Gasteiger partial charge >= 0.3 is 5.97 Å². The van der Waals surface area contributed by atoms with Gasteiger partial charge in [0.1, 0.15) is 21.9 Å². The van der Waals surface area contributed by atoms with Crippen LogP contribution in [0.1, 0.15) is 19.1 Å². The van der Waals surface area contributed by atoms with Crippen LogP contribution in [0.5, 0.6) is 0 Å². The van der Waals surface area contributed by atoms with Crippen molar-refractivity contribution < 1.29 is 19.1 Å². The van der Waals surface area contributed by atoms with Crippen molar-refractivity contribution in [1.29, 1.82) is 0 Å². The SMILES string of the molecule is CC[C@H](C(=O)O)N1C(=O)/C(=C\c2ccc(-c3ccc(Cl)cc3)o2)SC1=S. The van der Waals surface area contributed by atoms with Crippen molar-refractivity contribution in [2.75, 3.05) is 0 Å². The Labute approximate surface area is 164 Å². The lowest BCUT2D eigenvalue weighted by atomic mass is 10.2. The van der Waals surface area contributed by atoms with Crippen LogP contribution in [0.4, 0.5) is 0 Å². The van der Waals surface area contributed by atoms with Gasteiger partial charge in [-0.05, 0) is 42.8 Å². The molecule has 0 unspecified atom stereocenters. The summed E-state index contributed by atoms with van der Waals surface area (Å²) in [6.07, 6.45) is 1.85. The van der Waals surface area contributed by atoms with Crippen molar-refractivity contribution >= 4 is 57.9 Å². The molecule has 8 heteroatoms. The molecule has 0 spiro atoms. The van der Waals surface area contributed by atoms with E-state index in [1.54, 1.807) is 37.3 Å². The molecule has 134 valence electrons. The largest absolute Gasteiger partial charge is 0.480 e. The number of carbonyl (C=O) groups is 2. The van der Waals surface area contributed by atoms with Crippen LogP contribution in [0.3, 0.4) is 0 Å². The highest BCUT2D eigenvalue weighted by Crippen LogP contribution is 2.35. The highest BCUT2D eigenvalue weighted by Gasteiger charge is 2.39. The summed E-state index contributed by atoms with van der Waals surface area (Å²) in [5.74, 6) is -0.369. The van der Waals surface area contributed by atoms with Crippen molar-refractivity contribution in [1.82, 2.24) is 4.90 Å². The number of nitrogens with zero attached hydrogens (tertiary/aromatic N) is 1. The molecule has 1 atom stereocenters. The number of halogens is 1. The number of amides is 1. The van der Waals surface area contributed by atoms with Crippen molar-refractivity contribution in [3.05, 3.63) is 52.1 Å². The first-order chi connectivity index (χ1) is 12.4. The summed E-state index contributed by atoms with van der Waals surface area (Å²) in [6, 6.07) is 9.77. The van der Waals surface area contributed by atoms with E-state index in [1.165, 1.54) is 0 Å². The summed E-state index contributed by atoms with van der Waals surface area (Å²) in [6.45, 7) is 1.70. The maximum atomic E-state index is 12.6. The lowest BCUT2D eigenvalue weighted by molar-refractivity contribution is -0.145. The average Bonchev–Trinajstić information content (AvgIpc) is 3.16. The zero-order valence-corrected chi connectivity index (χ0v) is 16.0. The Kier molecular flexibility index (Phi) is 5.50. The third-order valence-electron chi connectivity index (χ3n) is 3.84. The lowest BCUT2D eigenvalue weighted by Crippen LogP contribution is -2.43. The van der Waals surface area contributed by atoms with Gasteiger partial charge in [-0.15, -0.1) is 0 Å². The van der Waals surface area contributed by atoms with E-state index in [0.29, 0.717) is 21.4 Å². The van der Waals surface area contributed by atoms with E-state index in [-0.39, 0.29) is 10.7 Å². The minimum Gasteiger partial charge on any atom is -0.480 e. The zero-order valence-electron chi connectivity index (χ0n) is 13.6. The van der Waals surface area contributed by atoms with Gasteiger partial charge in [-0.2, -0.15) is 0 Å². The molecule has 2 aromatic rings. The minimum atomic E-state index is -1.08. The van der Waals surface area contributed by atoms with Gasteiger partial charge < -0.3 is 9.52 Å². The van der Waals surface area contributed by atoms with E-state index >= 15 is 0 Å². The molecule has 3 rings (SSSR count). The van der Waals surface area contributed by atoms with Gasteiger partial charge in [0.15, 0.2) is 0 Å². The molecule has 0 bridgehead atoms. The number of hydrogen-bond acceptors (Lipinski definition) is 5. The number of benzene rings is 1. The van der Waals surface area contributed by atoms with Crippen LogP contribution in [0.2, 0.25) is 5.02 Å². The van der Waals surface area contributed by atoms with Crippen molar-refractivity contribution in [2.45, 2.75) is 19.4 Å². The smallest absolute Gasteiger partial charge is 0.326 e. The molecule has 2 heterocycles. The normalized spacial score (nSPS) is 17.2. The van der Waals surface area contributed by atoms with Gasteiger partial charge in [-0.1, -0.05) is 42.5 Å². The van der Waals surface area contributed by atoms with E-state index in [1.807, 2.05) is 12.1 Å². The summed E-state index contributed by atoms with van der Waals surface area (Å²) in [7, 11) is 0. The van der Waals surface area contributed by atoms with E-state index in [2.05, 4.69) is 0 Å². The highest BCUT2D eigenvalue weighted by molar-refractivity contribution is 8.26. The van der Waals surface area contributed by atoms with Crippen LogP contribution < -0.4 is 0 Å². The summed E-state index contributed by atoms with van der Waals surface area (Å²) in [5, 5.41) is 9.92. The number of hydrogen-bond donors (Lipinski definition) is 1. The molecule has 1 saturated heterocycles. The van der Waals surface area contributed by atoms with E-state index < -0.39 is 17.9 Å². The first-order valence-corrected chi connectivity index (χ1v) is 9.36. The van der Waals surface area contributed by atoms with Crippen molar-refractivity contribution in [3.63, 3.8) is 0 Å². The summed E-state index contributed by atoms with van der Waals surface area (Å²) in [4.78, 5) is 25.4. The highest BCUT2D eigenvalue weighted by atomic mass is 35.5. The molecule has 26 heavy (non-hydrogen) atoms. The third-order valence-corrected chi connectivity index (χ3v) is 5.42. The minimum absolute atomic E-state index is 0.236. The van der Waals surface area contributed by atoms with Crippen LogP contribution in [0.15, 0.2) is 45.7 Å². The molecule has 1 fully saturated rings. The first-order valence-electron chi connectivity index (χ1n) is 7.76. The molecule has 1 aliphatic heterocycles. The predicted octanol–water partition coefficient (Wildman–Crippen LogP) is 4.66. The molecule has 0 aliphatic carbocycles. The maximum absolute atomic E-state index is 12.6. The number of carboxylic acid groups (broad SMARTS) is 1. The Hall–Kier alpha value is -2.09. The molecule has 5 nitrogen and oxygen atoms in total. The van der Waals surface area contributed by atoms with Gasteiger partial charge in [-0.3, -0.25) is 9.69 Å². The Morgan fingerprint density at radius 2 is 2.04 bits per heavy atom. The number of carbonyl (C=O) groups excluding carboxylic acids is 1. The van der Waals surface area contributed by atoms with E-state index in [0.717, 1.165) is 22.2 Å². The molecule has 0 radical (unpaired) electrons. The second-order valence-corrected chi connectivity index (χ2v) is 7.64. The standard InChI is InChI=1S/C18H14ClNO4S2/c1-2-13(17(22)23)20-16(21)15(26-18(20)25)9-12-7-8-14(24-12)10-3-5-11(19)6-4-10/h3-9,13H,2H2,1H3,(H,22,23)/b15-9+/t13-/m1/s1. The van der Waals surface area contributed by atoms with Crippen LogP contribution in [0.25, 0.3) is 17.4 Å². The predicted molar refractivity (Wildman–Crippen MR) is 106 cm³/mol. The monoisotopic (exact) mass is 407 g/mol. The van der Waals surface area contributed by atoms with Gasteiger partial charge in [0.2, 0.25) is 0 Å². The van der Waals surface area contributed by atoms with Gasteiger partial charge in [0.05, 0.1) is 4.91 Å². The Morgan fingerprint density at radius 1 is 1.35 bits per heavy atom. The maximum Gasteiger partial charge on any atom is 0.326 e. The van der Waals surface area contributed by atoms with Crippen LogP contribution in [-0.2, 0) is 9.59 Å². The van der Waals surface area contributed by atoms with Crippen LogP contribution in [-0.4, -0.2) is 32.2 Å². The lowest BCUT2D eigenvalue weighted by Gasteiger charge is -2.21. The molecule has 1 aliphatic rings. The molecule has 1 amide bonds. The fourth-order valence-electron chi connectivity index (χ4n) is 2.55. The zero-order chi connectivity index (χ0) is 18.8. The second-order valence-electron chi connectivity index (χ2n) is 5.52. The topological polar surface area (TPSA) is 70.8 Å². The summed E-state index contributed by atoms with van der Waals surface area (Å²) in [5.41, 5.74) is 0.860. The molecular formula is C18H14ClNO4S2. The molecule has 1 aromatic heterocycles. The number of rotatable bonds is 5. The fraction of sp³-hybridized carbons (Fsp3) is 0.167. The number of furan rings is 1. The van der Waals surface area contributed by atoms with Crippen molar-refractivity contribution in [2.24, 2.45) is 0 Å². The van der Waals surface area contributed by atoms with Gasteiger partial charge in [0.25, 0.3) is 5.91 Å². The molecule has 1 N–H and O–H groups in total. The number of carboxylic acids is 1. The summed E-state index contributed by atoms with van der Waals surface area (Å²) < 4.78 is 6.00. The van der Waals surface area contributed by atoms with E-state index in [4.69, 9.17) is 28.2 Å². The van der Waals surface area contributed by atoms with Crippen LogP contribution >= 0.6 is 35.6 Å². The van der Waals surface area contributed by atoms with Crippen LogP contribution in [0, 0.1) is 0 Å². The van der Waals surface area contributed by atoms with Crippen molar-refractivity contribution in [3.8, 4) is 11.3 Å². The molecule has 1 aromatic carbocycles. The first kappa shape index (κ1) is 18.7. The Bertz CT molecular complexity index is 904. The summed E-state index contributed by atoms with van der Waals surface area (Å²) >= 11 is 12.1. The fourth-order valence-corrected chi connectivity index (χ4v) is 4.01. The Balaban J connectivity index is 1.85.